The molecule has 0 aliphatic carbocycles. The molecule has 6 heteroatoms. The van der Waals surface area contributed by atoms with Crippen molar-refractivity contribution >= 4 is 45.8 Å². The molecule has 1 saturated heterocycles. The van der Waals surface area contributed by atoms with Crippen LogP contribution >= 0.6 is 23.4 Å². The number of aryl methyl sites for hydroxylation is 1. The Kier molecular flexibility index (Phi) is 7.03. The number of amides is 1. The molecule has 0 aromatic heterocycles. The monoisotopic (exact) mass is 415 g/mol. The summed E-state index contributed by atoms with van der Waals surface area (Å²) in [5, 5.41) is 1.58. The normalized spacial score (nSPS) is 17.9. The van der Waals surface area contributed by atoms with Crippen molar-refractivity contribution in [3.8, 4) is 0 Å². The van der Waals surface area contributed by atoms with Crippen molar-refractivity contribution in [1.82, 2.24) is 4.90 Å². The van der Waals surface area contributed by atoms with Crippen molar-refractivity contribution in [1.29, 1.82) is 0 Å². The number of amidine groups is 1. The first-order valence-electron chi connectivity index (χ1n) is 9.58. The molecule has 0 spiro atoms. The zero-order valence-corrected chi connectivity index (χ0v) is 18.1. The van der Waals surface area contributed by atoms with Crippen LogP contribution in [0.3, 0.4) is 0 Å². The lowest BCUT2D eigenvalue weighted by Gasteiger charge is -2.32. The Bertz CT molecular complexity index is 836. The van der Waals surface area contributed by atoms with Crippen molar-refractivity contribution in [2.45, 2.75) is 39.3 Å². The number of hydrogen-bond donors (Lipinski definition) is 0. The first-order chi connectivity index (χ1) is 13.5. The molecular weight excluding hydrogens is 390 g/mol. The number of benzene rings is 2. The molecular formula is C22H26ClN3OS. The van der Waals surface area contributed by atoms with Crippen molar-refractivity contribution in [3.05, 3.63) is 59.1 Å². The number of thioether (sulfide) groups is 1. The van der Waals surface area contributed by atoms with Crippen LogP contribution in [0.15, 0.2) is 53.5 Å². The second-order valence-corrected chi connectivity index (χ2v) is 8.36. The molecule has 0 radical (unpaired) electrons. The maximum absolute atomic E-state index is 12.4. The van der Waals surface area contributed by atoms with E-state index in [2.05, 4.69) is 36.1 Å². The number of rotatable bonds is 6. The van der Waals surface area contributed by atoms with Gasteiger partial charge in [0.05, 0.1) is 5.69 Å². The summed E-state index contributed by atoms with van der Waals surface area (Å²) in [7, 11) is 1.99. The first kappa shape index (κ1) is 20.7. The van der Waals surface area contributed by atoms with E-state index in [4.69, 9.17) is 16.6 Å². The molecule has 1 aliphatic rings. The van der Waals surface area contributed by atoms with Crippen LogP contribution in [0, 0.1) is 0 Å². The SMILES string of the molecule is CCCCc1ccc(N=C2SCC(N(C(C)=O)c3ccc(Cl)cc3)N2C)cc1. The summed E-state index contributed by atoms with van der Waals surface area (Å²) >= 11 is 7.67. The van der Waals surface area contributed by atoms with E-state index >= 15 is 0 Å². The fraction of sp³-hybridized carbons (Fsp3) is 0.364. The van der Waals surface area contributed by atoms with Gasteiger partial charge in [0.15, 0.2) is 5.17 Å². The van der Waals surface area contributed by atoms with Gasteiger partial charge in [0.1, 0.15) is 6.17 Å². The molecule has 28 heavy (non-hydrogen) atoms. The average Bonchev–Trinajstić information content (AvgIpc) is 3.03. The standard InChI is InChI=1S/C22H26ClN3OS/c1-4-5-6-17-7-11-19(12-8-17)24-22-25(3)21(15-28-22)26(16(2)27)20-13-9-18(23)10-14-20/h7-14,21H,4-6,15H2,1-3H3. The molecule has 148 valence electrons. The Morgan fingerprint density at radius 1 is 1.21 bits per heavy atom. The maximum atomic E-state index is 12.4. The molecule has 2 aromatic rings. The molecule has 1 amide bonds. The molecule has 1 heterocycles. The molecule has 3 rings (SSSR count). The molecule has 4 nitrogen and oxygen atoms in total. The number of anilines is 1. The highest BCUT2D eigenvalue weighted by molar-refractivity contribution is 8.14. The third-order valence-corrected chi connectivity index (χ3v) is 6.19. The third-order valence-electron chi connectivity index (χ3n) is 4.83. The summed E-state index contributed by atoms with van der Waals surface area (Å²) < 4.78 is 0. The Balaban J connectivity index is 1.77. The van der Waals surface area contributed by atoms with E-state index in [1.807, 2.05) is 31.3 Å². The predicted octanol–water partition coefficient (Wildman–Crippen LogP) is 5.73. The third kappa shape index (κ3) is 4.89. The van der Waals surface area contributed by atoms with Gasteiger partial charge in [0.2, 0.25) is 5.91 Å². The number of aliphatic imine (C=N–C) groups is 1. The Morgan fingerprint density at radius 2 is 1.89 bits per heavy atom. The highest BCUT2D eigenvalue weighted by Gasteiger charge is 2.34. The summed E-state index contributed by atoms with van der Waals surface area (Å²) in [6.45, 7) is 3.80. The number of halogens is 1. The molecule has 2 aromatic carbocycles. The number of hydrogen-bond acceptors (Lipinski definition) is 3. The minimum absolute atomic E-state index is 0.00120. The largest absolute Gasteiger partial charge is 0.333 e. The lowest BCUT2D eigenvalue weighted by Crippen LogP contribution is -2.48. The van der Waals surface area contributed by atoms with Gasteiger partial charge in [0.25, 0.3) is 0 Å². The molecule has 1 unspecified atom stereocenters. The van der Waals surface area contributed by atoms with Crippen LogP contribution < -0.4 is 4.90 Å². The van der Waals surface area contributed by atoms with E-state index < -0.39 is 0 Å². The van der Waals surface area contributed by atoms with Crippen molar-refractivity contribution in [2.75, 3.05) is 17.7 Å². The average molecular weight is 416 g/mol. The summed E-state index contributed by atoms with van der Waals surface area (Å²) in [5.74, 6) is 0.771. The maximum Gasteiger partial charge on any atom is 0.225 e. The van der Waals surface area contributed by atoms with Crippen LogP contribution in [0.1, 0.15) is 32.3 Å². The van der Waals surface area contributed by atoms with Gasteiger partial charge >= 0.3 is 0 Å². The van der Waals surface area contributed by atoms with E-state index in [0.717, 1.165) is 28.7 Å². The zero-order chi connectivity index (χ0) is 20.1. The van der Waals surface area contributed by atoms with Gasteiger partial charge in [-0.1, -0.05) is 48.8 Å². The topological polar surface area (TPSA) is 35.9 Å². The van der Waals surface area contributed by atoms with Crippen molar-refractivity contribution in [2.24, 2.45) is 4.99 Å². The first-order valence-corrected chi connectivity index (χ1v) is 10.9. The van der Waals surface area contributed by atoms with E-state index in [-0.39, 0.29) is 12.1 Å². The van der Waals surface area contributed by atoms with Gasteiger partial charge in [-0.3, -0.25) is 9.69 Å². The van der Waals surface area contributed by atoms with Crippen LogP contribution in [-0.4, -0.2) is 34.9 Å². The fourth-order valence-electron chi connectivity index (χ4n) is 3.24. The Hall–Kier alpha value is -1.98. The van der Waals surface area contributed by atoms with E-state index in [9.17, 15) is 4.79 Å². The van der Waals surface area contributed by atoms with Crippen LogP contribution in [0.4, 0.5) is 11.4 Å². The minimum Gasteiger partial charge on any atom is -0.333 e. The number of carbonyl (C=O) groups is 1. The quantitative estimate of drug-likeness (QED) is 0.604. The number of carbonyl (C=O) groups excluding carboxylic acids is 1. The van der Waals surface area contributed by atoms with Gasteiger partial charge in [-0.15, -0.1) is 0 Å². The minimum atomic E-state index is -0.0775. The smallest absolute Gasteiger partial charge is 0.225 e. The second-order valence-electron chi connectivity index (χ2n) is 6.93. The Labute approximate surface area is 176 Å². The predicted molar refractivity (Wildman–Crippen MR) is 121 cm³/mol. The van der Waals surface area contributed by atoms with Crippen LogP contribution in [0.2, 0.25) is 5.02 Å². The second kappa shape index (κ2) is 9.48. The van der Waals surface area contributed by atoms with E-state index in [0.29, 0.717) is 5.02 Å². The number of nitrogens with zero attached hydrogens (tertiary/aromatic N) is 3. The van der Waals surface area contributed by atoms with Crippen LogP contribution in [0.25, 0.3) is 0 Å². The number of unbranched alkanes of at least 4 members (excludes halogenated alkanes) is 1. The van der Waals surface area contributed by atoms with Crippen LogP contribution in [-0.2, 0) is 11.2 Å². The van der Waals surface area contributed by atoms with Gasteiger partial charge < -0.3 is 4.90 Å². The summed E-state index contributed by atoms with van der Waals surface area (Å²) in [6, 6.07) is 15.8. The van der Waals surface area contributed by atoms with Crippen LogP contribution in [0.5, 0.6) is 0 Å². The fourth-order valence-corrected chi connectivity index (χ4v) is 4.54. The van der Waals surface area contributed by atoms with Crippen molar-refractivity contribution < 1.29 is 4.79 Å². The lowest BCUT2D eigenvalue weighted by atomic mass is 10.1. The molecule has 1 atom stereocenters. The van der Waals surface area contributed by atoms with E-state index in [1.165, 1.54) is 18.4 Å². The zero-order valence-electron chi connectivity index (χ0n) is 16.6. The summed E-state index contributed by atoms with van der Waals surface area (Å²) in [6.07, 6.45) is 3.44. The molecule has 1 aliphatic heterocycles. The van der Waals surface area contributed by atoms with E-state index in [1.54, 1.807) is 23.6 Å². The summed E-state index contributed by atoms with van der Waals surface area (Å²) in [4.78, 5) is 21.1. The van der Waals surface area contributed by atoms with Gasteiger partial charge in [-0.25, -0.2) is 4.99 Å². The van der Waals surface area contributed by atoms with Gasteiger partial charge in [-0.2, -0.15) is 0 Å². The highest BCUT2D eigenvalue weighted by Crippen LogP contribution is 2.31. The molecule has 1 fully saturated rings. The van der Waals surface area contributed by atoms with Crippen molar-refractivity contribution in [3.63, 3.8) is 0 Å². The highest BCUT2D eigenvalue weighted by atomic mass is 35.5. The lowest BCUT2D eigenvalue weighted by molar-refractivity contribution is -0.117. The van der Waals surface area contributed by atoms with Gasteiger partial charge in [-0.05, 0) is 54.8 Å². The Morgan fingerprint density at radius 3 is 2.50 bits per heavy atom. The molecule has 0 saturated carbocycles. The summed E-state index contributed by atoms with van der Waals surface area (Å²) in [5.41, 5.74) is 3.13. The van der Waals surface area contributed by atoms with Gasteiger partial charge in [0, 0.05) is 30.4 Å². The molecule has 0 bridgehead atoms. The molecule has 0 N–H and O–H groups in total.